The van der Waals surface area contributed by atoms with Gasteiger partial charge in [-0.2, -0.15) is 0 Å². The van der Waals surface area contributed by atoms with Crippen molar-refractivity contribution in [2.45, 2.75) is 10.6 Å². The monoisotopic (exact) mass is 314 g/mol. The van der Waals surface area contributed by atoms with Crippen LogP contribution in [0.5, 0.6) is 0 Å². The van der Waals surface area contributed by atoms with E-state index in [2.05, 4.69) is 38.0 Å². The number of aromatic nitrogens is 2. The Balaban J connectivity index is 2.02. The van der Waals surface area contributed by atoms with Gasteiger partial charge < -0.3 is 0 Å². The molecule has 5 heteroatoms. The number of benzene rings is 1. The third-order valence-electron chi connectivity index (χ3n) is 1.84. The van der Waals surface area contributed by atoms with Gasteiger partial charge in [-0.25, -0.2) is 9.97 Å². The maximum absolute atomic E-state index is 5.78. The minimum Gasteiger partial charge on any atom is -0.240 e. The Kier molecular flexibility index (Phi) is 4.21. The molecule has 0 atom stereocenters. The molecule has 0 amide bonds. The lowest BCUT2D eigenvalue weighted by Gasteiger charge is -2.01. The van der Waals surface area contributed by atoms with Crippen molar-refractivity contribution in [1.29, 1.82) is 0 Å². The Morgan fingerprint density at radius 1 is 1.31 bits per heavy atom. The summed E-state index contributed by atoms with van der Waals surface area (Å²) in [6.07, 6.45) is 1.67. The fraction of sp³-hybridized carbons (Fsp3) is 0.0909. The van der Waals surface area contributed by atoms with E-state index in [9.17, 15) is 0 Å². The van der Waals surface area contributed by atoms with Crippen LogP contribution in [0, 0.1) is 0 Å². The molecule has 0 unspecified atom stereocenters. The van der Waals surface area contributed by atoms with Crippen molar-refractivity contribution in [1.82, 2.24) is 9.97 Å². The van der Waals surface area contributed by atoms with Crippen LogP contribution in [0.2, 0.25) is 5.15 Å². The second kappa shape index (κ2) is 5.66. The molecule has 1 aromatic heterocycles. The number of thioether (sulfide) groups is 1. The molecule has 0 saturated carbocycles. The van der Waals surface area contributed by atoms with Crippen LogP contribution >= 0.6 is 39.3 Å². The molecule has 0 aliphatic heterocycles. The molecule has 0 radical (unpaired) electrons. The first-order chi connectivity index (χ1) is 7.74. The van der Waals surface area contributed by atoms with Crippen LogP contribution in [0.4, 0.5) is 0 Å². The lowest BCUT2D eigenvalue weighted by Crippen LogP contribution is -1.91. The Morgan fingerprint density at radius 2 is 2.19 bits per heavy atom. The zero-order valence-corrected chi connectivity index (χ0v) is 11.4. The predicted octanol–water partition coefficient (Wildman–Crippen LogP) is 4.18. The van der Waals surface area contributed by atoms with Crippen LogP contribution in [0.15, 0.2) is 45.9 Å². The SMILES string of the molecule is Clc1ccnc(CSc2cccc(Br)c2)n1. The van der Waals surface area contributed by atoms with Crippen molar-refractivity contribution >= 4 is 39.3 Å². The summed E-state index contributed by atoms with van der Waals surface area (Å²) in [5, 5.41) is 0.486. The molecule has 16 heavy (non-hydrogen) atoms. The molecule has 0 bridgehead atoms. The van der Waals surface area contributed by atoms with Gasteiger partial charge in [0.15, 0.2) is 0 Å². The summed E-state index contributed by atoms with van der Waals surface area (Å²) in [5.74, 6) is 1.47. The van der Waals surface area contributed by atoms with Gasteiger partial charge in [-0.3, -0.25) is 0 Å². The molecule has 0 fully saturated rings. The number of rotatable bonds is 3. The molecular formula is C11H8BrClN2S. The fourth-order valence-corrected chi connectivity index (χ4v) is 2.67. The van der Waals surface area contributed by atoms with Gasteiger partial charge in [0.1, 0.15) is 11.0 Å². The molecule has 0 aliphatic rings. The Hall–Kier alpha value is -0.580. The lowest BCUT2D eigenvalue weighted by molar-refractivity contribution is 1.03. The van der Waals surface area contributed by atoms with E-state index in [1.165, 1.54) is 4.90 Å². The van der Waals surface area contributed by atoms with Gasteiger partial charge in [-0.15, -0.1) is 11.8 Å². The number of hydrogen-bond donors (Lipinski definition) is 0. The van der Waals surface area contributed by atoms with Crippen molar-refractivity contribution in [2.75, 3.05) is 0 Å². The zero-order chi connectivity index (χ0) is 11.4. The summed E-state index contributed by atoms with van der Waals surface area (Å²) in [7, 11) is 0. The van der Waals surface area contributed by atoms with E-state index in [-0.39, 0.29) is 0 Å². The van der Waals surface area contributed by atoms with Gasteiger partial charge >= 0.3 is 0 Å². The summed E-state index contributed by atoms with van der Waals surface area (Å²) < 4.78 is 1.07. The highest BCUT2D eigenvalue weighted by atomic mass is 79.9. The van der Waals surface area contributed by atoms with Crippen molar-refractivity contribution in [3.63, 3.8) is 0 Å². The van der Waals surface area contributed by atoms with Gasteiger partial charge in [-0.05, 0) is 24.3 Å². The normalized spacial score (nSPS) is 10.4. The first kappa shape index (κ1) is 11.9. The Bertz CT molecular complexity index is 447. The second-order valence-electron chi connectivity index (χ2n) is 3.04. The summed E-state index contributed by atoms with van der Waals surface area (Å²) >= 11 is 10.9. The minimum absolute atomic E-state index is 0.486. The largest absolute Gasteiger partial charge is 0.240 e. The summed E-state index contributed by atoms with van der Waals surface area (Å²) in [6, 6.07) is 9.80. The highest BCUT2D eigenvalue weighted by Gasteiger charge is 2.00. The van der Waals surface area contributed by atoms with E-state index >= 15 is 0 Å². The quantitative estimate of drug-likeness (QED) is 0.627. The maximum atomic E-state index is 5.78. The maximum Gasteiger partial charge on any atom is 0.140 e. The summed E-state index contributed by atoms with van der Waals surface area (Å²) in [4.78, 5) is 9.46. The minimum atomic E-state index is 0.486. The van der Waals surface area contributed by atoms with Crippen LogP contribution in [-0.4, -0.2) is 9.97 Å². The van der Waals surface area contributed by atoms with Crippen molar-refractivity contribution in [3.05, 3.63) is 52.0 Å². The van der Waals surface area contributed by atoms with E-state index in [0.29, 0.717) is 5.15 Å². The molecular weight excluding hydrogens is 308 g/mol. The fourth-order valence-electron chi connectivity index (χ4n) is 1.15. The first-order valence-corrected chi connectivity index (χ1v) is 6.75. The van der Waals surface area contributed by atoms with Gasteiger partial charge in [0.05, 0.1) is 5.75 Å². The van der Waals surface area contributed by atoms with Crippen LogP contribution in [0.3, 0.4) is 0 Å². The first-order valence-electron chi connectivity index (χ1n) is 4.60. The van der Waals surface area contributed by atoms with E-state index in [0.717, 1.165) is 16.0 Å². The Morgan fingerprint density at radius 3 is 2.94 bits per heavy atom. The average molecular weight is 316 g/mol. The van der Waals surface area contributed by atoms with Crippen molar-refractivity contribution in [3.8, 4) is 0 Å². The highest BCUT2D eigenvalue weighted by molar-refractivity contribution is 9.10. The molecule has 0 aliphatic carbocycles. The van der Waals surface area contributed by atoms with E-state index in [1.54, 1.807) is 24.0 Å². The van der Waals surface area contributed by atoms with Gasteiger partial charge in [0, 0.05) is 15.6 Å². The average Bonchev–Trinajstić information content (AvgIpc) is 2.27. The number of hydrogen-bond acceptors (Lipinski definition) is 3. The van der Waals surface area contributed by atoms with Crippen LogP contribution < -0.4 is 0 Å². The second-order valence-corrected chi connectivity index (χ2v) is 5.39. The number of halogens is 2. The molecule has 2 nitrogen and oxygen atoms in total. The Labute approximate surface area is 112 Å². The highest BCUT2D eigenvalue weighted by Crippen LogP contribution is 2.24. The molecule has 0 N–H and O–H groups in total. The standard InChI is InChI=1S/C11H8BrClN2S/c12-8-2-1-3-9(6-8)16-7-11-14-5-4-10(13)15-11/h1-6H,7H2. The molecule has 2 aromatic rings. The van der Waals surface area contributed by atoms with E-state index in [1.807, 2.05) is 12.1 Å². The smallest absolute Gasteiger partial charge is 0.140 e. The van der Waals surface area contributed by atoms with E-state index in [4.69, 9.17) is 11.6 Å². The third kappa shape index (κ3) is 3.47. The molecule has 1 heterocycles. The molecule has 0 saturated heterocycles. The summed E-state index contributed by atoms with van der Waals surface area (Å²) in [5.41, 5.74) is 0. The van der Waals surface area contributed by atoms with Crippen molar-refractivity contribution < 1.29 is 0 Å². The van der Waals surface area contributed by atoms with Crippen LogP contribution in [-0.2, 0) is 5.75 Å². The van der Waals surface area contributed by atoms with E-state index < -0.39 is 0 Å². The lowest BCUT2D eigenvalue weighted by atomic mass is 10.4. The number of nitrogens with zero attached hydrogens (tertiary/aromatic N) is 2. The van der Waals surface area contributed by atoms with Gasteiger partial charge in [-0.1, -0.05) is 33.6 Å². The molecule has 0 spiro atoms. The molecule has 82 valence electrons. The topological polar surface area (TPSA) is 25.8 Å². The predicted molar refractivity (Wildman–Crippen MR) is 70.7 cm³/mol. The van der Waals surface area contributed by atoms with Crippen LogP contribution in [0.25, 0.3) is 0 Å². The summed E-state index contributed by atoms with van der Waals surface area (Å²) in [6.45, 7) is 0. The van der Waals surface area contributed by atoms with Crippen molar-refractivity contribution in [2.24, 2.45) is 0 Å². The van der Waals surface area contributed by atoms with Crippen LogP contribution in [0.1, 0.15) is 5.82 Å². The third-order valence-corrected chi connectivity index (χ3v) is 3.53. The van der Waals surface area contributed by atoms with Gasteiger partial charge in [0.2, 0.25) is 0 Å². The zero-order valence-electron chi connectivity index (χ0n) is 8.23. The van der Waals surface area contributed by atoms with Gasteiger partial charge in [0.25, 0.3) is 0 Å². The molecule has 2 rings (SSSR count). The molecule has 1 aromatic carbocycles.